The van der Waals surface area contributed by atoms with Crippen LogP contribution in [0, 0.1) is 0 Å². The summed E-state index contributed by atoms with van der Waals surface area (Å²) in [4.78, 5) is 20.2. The van der Waals surface area contributed by atoms with Gasteiger partial charge in [-0.3, -0.25) is 4.79 Å². The van der Waals surface area contributed by atoms with Crippen molar-refractivity contribution in [1.82, 2.24) is 14.5 Å². The lowest BCUT2D eigenvalue weighted by Gasteiger charge is -2.19. The smallest absolute Gasteiger partial charge is 0.242 e. The molecule has 0 saturated heterocycles. The second kappa shape index (κ2) is 6.32. The minimum Gasteiger partial charge on any atom is -0.342 e. The molecule has 22 heavy (non-hydrogen) atoms. The predicted molar refractivity (Wildman–Crippen MR) is 91.0 cm³/mol. The summed E-state index contributed by atoms with van der Waals surface area (Å²) in [5.41, 5.74) is 1.93. The maximum atomic E-state index is 12.5. The number of rotatable bonds is 5. The van der Waals surface area contributed by atoms with Crippen molar-refractivity contribution in [3.05, 3.63) is 41.8 Å². The molecule has 0 spiro atoms. The summed E-state index contributed by atoms with van der Waals surface area (Å²) in [6, 6.07) is 12.0. The Hall–Kier alpha value is -2.14. The lowest BCUT2D eigenvalue weighted by molar-refractivity contribution is -0.131. The first-order valence-electron chi connectivity index (χ1n) is 7.51. The van der Waals surface area contributed by atoms with Crippen LogP contribution in [0.2, 0.25) is 0 Å². The van der Waals surface area contributed by atoms with Gasteiger partial charge in [-0.25, -0.2) is 4.98 Å². The highest BCUT2D eigenvalue weighted by atomic mass is 32.1. The molecule has 0 bridgehead atoms. The number of amides is 1. The fourth-order valence-corrected chi connectivity index (χ4v) is 3.36. The van der Waals surface area contributed by atoms with Crippen LogP contribution >= 0.6 is 11.3 Å². The third kappa shape index (κ3) is 2.64. The second-order valence-corrected chi connectivity index (χ2v) is 6.00. The number of imidazole rings is 1. The summed E-state index contributed by atoms with van der Waals surface area (Å²) in [6.45, 7) is 5.81. The van der Waals surface area contributed by atoms with Gasteiger partial charge in [0.15, 0.2) is 5.82 Å². The molecular weight excluding hydrogens is 294 g/mol. The molecule has 114 valence electrons. The molecule has 0 radical (unpaired) electrons. The highest BCUT2D eigenvalue weighted by Crippen LogP contribution is 2.28. The van der Waals surface area contributed by atoms with Crippen molar-refractivity contribution in [2.24, 2.45) is 0 Å². The lowest BCUT2D eigenvalue weighted by atomic mass is 10.3. The quantitative estimate of drug-likeness (QED) is 0.721. The Bertz CT molecular complexity index is 772. The molecule has 2 aromatic heterocycles. The van der Waals surface area contributed by atoms with Gasteiger partial charge in [-0.05, 0) is 37.4 Å². The Labute approximate surface area is 134 Å². The summed E-state index contributed by atoms with van der Waals surface area (Å²) in [5.74, 6) is 1.00. The molecule has 0 N–H and O–H groups in total. The molecule has 5 heteroatoms. The fourth-order valence-electron chi connectivity index (χ4n) is 2.64. The maximum absolute atomic E-state index is 12.5. The van der Waals surface area contributed by atoms with Crippen LogP contribution in [0.1, 0.15) is 13.8 Å². The summed E-state index contributed by atoms with van der Waals surface area (Å²) in [6.07, 6.45) is 0. The third-order valence-electron chi connectivity index (χ3n) is 3.81. The first-order valence-corrected chi connectivity index (χ1v) is 8.39. The molecular formula is C17H19N3OS. The number of aromatic nitrogens is 2. The molecule has 0 atom stereocenters. The maximum Gasteiger partial charge on any atom is 0.242 e. The van der Waals surface area contributed by atoms with Crippen LogP contribution in [-0.4, -0.2) is 33.4 Å². The van der Waals surface area contributed by atoms with E-state index in [0.29, 0.717) is 6.54 Å². The molecule has 0 fully saturated rings. The van der Waals surface area contributed by atoms with Crippen LogP contribution in [0.3, 0.4) is 0 Å². The highest BCUT2D eigenvalue weighted by Gasteiger charge is 2.17. The van der Waals surface area contributed by atoms with E-state index in [9.17, 15) is 4.79 Å². The van der Waals surface area contributed by atoms with Crippen molar-refractivity contribution in [3.8, 4) is 10.7 Å². The van der Waals surface area contributed by atoms with E-state index in [1.54, 1.807) is 11.3 Å². The number of para-hydroxylation sites is 2. The summed E-state index contributed by atoms with van der Waals surface area (Å²) >= 11 is 1.64. The number of hydrogen-bond donors (Lipinski definition) is 0. The molecule has 3 aromatic rings. The SMILES string of the molecule is CCN(CC)C(=O)Cn1c(-c2cccs2)nc2ccccc21. The van der Waals surface area contributed by atoms with Gasteiger partial charge in [0.2, 0.25) is 5.91 Å². The van der Waals surface area contributed by atoms with E-state index >= 15 is 0 Å². The fraction of sp³-hybridized carbons (Fsp3) is 0.294. The molecule has 0 aliphatic heterocycles. The number of fused-ring (bicyclic) bond motifs is 1. The van der Waals surface area contributed by atoms with Crippen LogP contribution in [0.5, 0.6) is 0 Å². The first kappa shape index (κ1) is 14.8. The van der Waals surface area contributed by atoms with Crippen LogP contribution < -0.4 is 0 Å². The number of benzene rings is 1. The van der Waals surface area contributed by atoms with Gasteiger partial charge in [0, 0.05) is 13.1 Å². The Morgan fingerprint density at radius 2 is 1.95 bits per heavy atom. The Morgan fingerprint density at radius 1 is 1.18 bits per heavy atom. The van der Waals surface area contributed by atoms with E-state index in [4.69, 9.17) is 4.98 Å². The summed E-state index contributed by atoms with van der Waals surface area (Å²) < 4.78 is 2.03. The minimum absolute atomic E-state index is 0.131. The number of carbonyl (C=O) groups excluding carboxylic acids is 1. The van der Waals surface area contributed by atoms with E-state index in [-0.39, 0.29) is 5.91 Å². The second-order valence-electron chi connectivity index (χ2n) is 5.05. The lowest BCUT2D eigenvalue weighted by Crippen LogP contribution is -2.33. The van der Waals surface area contributed by atoms with Crippen LogP contribution in [-0.2, 0) is 11.3 Å². The predicted octanol–water partition coefficient (Wildman–Crippen LogP) is 3.63. The number of hydrogen-bond acceptors (Lipinski definition) is 3. The average molecular weight is 313 g/mol. The number of nitrogens with zero attached hydrogens (tertiary/aromatic N) is 3. The van der Waals surface area contributed by atoms with E-state index in [0.717, 1.165) is 34.8 Å². The molecule has 3 rings (SSSR count). The normalized spacial score (nSPS) is 11.0. The number of thiophene rings is 1. The van der Waals surface area contributed by atoms with E-state index in [1.165, 1.54) is 0 Å². The zero-order valence-electron chi connectivity index (χ0n) is 12.8. The van der Waals surface area contributed by atoms with Crippen molar-refractivity contribution in [2.75, 3.05) is 13.1 Å². The van der Waals surface area contributed by atoms with E-state index < -0.39 is 0 Å². The molecule has 0 unspecified atom stereocenters. The molecule has 1 amide bonds. The van der Waals surface area contributed by atoms with Gasteiger partial charge in [-0.15, -0.1) is 11.3 Å². The van der Waals surface area contributed by atoms with Gasteiger partial charge < -0.3 is 9.47 Å². The number of likely N-dealkylation sites (N-methyl/N-ethyl adjacent to an activating group) is 1. The minimum atomic E-state index is 0.131. The Balaban J connectivity index is 2.06. The molecule has 1 aromatic carbocycles. The largest absolute Gasteiger partial charge is 0.342 e. The standard InChI is InChI=1S/C17H19N3OS/c1-3-19(4-2)16(21)12-20-14-9-6-5-8-13(14)18-17(20)15-10-7-11-22-15/h5-11H,3-4,12H2,1-2H3. The molecule has 2 heterocycles. The zero-order chi connectivity index (χ0) is 15.5. The van der Waals surface area contributed by atoms with Crippen molar-refractivity contribution in [1.29, 1.82) is 0 Å². The highest BCUT2D eigenvalue weighted by molar-refractivity contribution is 7.13. The van der Waals surface area contributed by atoms with Gasteiger partial charge >= 0.3 is 0 Å². The van der Waals surface area contributed by atoms with Gasteiger partial charge in [-0.2, -0.15) is 0 Å². The van der Waals surface area contributed by atoms with Crippen LogP contribution in [0.25, 0.3) is 21.7 Å². The van der Waals surface area contributed by atoms with Gasteiger partial charge in [0.05, 0.1) is 15.9 Å². The van der Waals surface area contributed by atoms with Crippen molar-refractivity contribution in [3.63, 3.8) is 0 Å². The summed E-state index contributed by atoms with van der Waals surface area (Å²) in [7, 11) is 0. The van der Waals surface area contributed by atoms with Gasteiger partial charge in [0.1, 0.15) is 6.54 Å². The molecule has 0 saturated carbocycles. The van der Waals surface area contributed by atoms with Crippen molar-refractivity contribution < 1.29 is 4.79 Å². The zero-order valence-corrected chi connectivity index (χ0v) is 13.6. The van der Waals surface area contributed by atoms with Crippen molar-refractivity contribution >= 4 is 28.3 Å². The average Bonchev–Trinajstić information content (AvgIpc) is 3.16. The van der Waals surface area contributed by atoms with E-state index in [2.05, 4.69) is 0 Å². The molecule has 0 aliphatic rings. The first-order chi connectivity index (χ1) is 10.7. The van der Waals surface area contributed by atoms with Crippen molar-refractivity contribution in [2.45, 2.75) is 20.4 Å². The Morgan fingerprint density at radius 3 is 2.64 bits per heavy atom. The third-order valence-corrected chi connectivity index (χ3v) is 4.67. The molecule has 0 aliphatic carbocycles. The van der Waals surface area contributed by atoms with Gasteiger partial charge in [-0.1, -0.05) is 18.2 Å². The number of carbonyl (C=O) groups is 1. The Kier molecular flexibility index (Phi) is 4.24. The summed E-state index contributed by atoms with van der Waals surface area (Å²) in [5, 5.41) is 2.03. The van der Waals surface area contributed by atoms with Crippen LogP contribution in [0.15, 0.2) is 41.8 Å². The van der Waals surface area contributed by atoms with Crippen LogP contribution in [0.4, 0.5) is 0 Å². The molecule has 4 nitrogen and oxygen atoms in total. The van der Waals surface area contributed by atoms with E-state index in [1.807, 2.05) is 65.1 Å². The van der Waals surface area contributed by atoms with Gasteiger partial charge in [0.25, 0.3) is 0 Å². The monoisotopic (exact) mass is 313 g/mol. The topological polar surface area (TPSA) is 38.1 Å².